The van der Waals surface area contributed by atoms with E-state index in [1.54, 1.807) is 12.1 Å². The summed E-state index contributed by atoms with van der Waals surface area (Å²) in [7, 11) is 2.85. The zero-order chi connectivity index (χ0) is 17.9. The number of aliphatic carboxylic acids is 1. The molecular weight excluding hydrogens is 318 g/mol. The van der Waals surface area contributed by atoms with Gasteiger partial charge in [-0.25, -0.2) is 4.68 Å². The number of amides is 1. The van der Waals surface area contributed by atoms with Gasteiger partial charge in [0.05, 0.1) is 25.8 Å². The molecule has 0 aliphatic carbocycles. The van der Waals surface area contributed by atoms with Gasteiger partial charge < -0.3 is 19.9 Å². The molecule has 1 atom stereocenters. The van der Waals surface area contributed by atoms with Gasteiger partial charge >= 0.3 is 5.97 Å². The number of carboxylic acids is 1. The number of methoxy groups -OCH3 is 2. The third-order valence-electron chi connectivity index (χ3n) is 3.40. The summed E-state index contributed by atoms with van der Waals surface area (Å²) in [5.74, 6) is -1.19. The van der Waals surface area contributed by atoms with Crippen LogP contribution in [0.1, 0.15) is 6.92 Å². The van der Waals surface area contributed by atoms with Gasteiger partial charge in [-0.15, -0.1) is 0 Å². The fourth-order valence-electron chi connectivity index (χ4n) is 2.18. The Hall–Kier alpha value is -3.10. The number of nitrogens with zero attached hydrogens (tertiary/aromatic N) is 2. The van der Waals surface area contributed by atoms with Crippen molar-refractivity contribution in [3.63, 3.8) is 0 Å². The first-order valence-electron chi connectivity index (χ1n) is 7.02. The summed E-state index contributed by atoms with van der Waals surface area (Å²) in [5.41, 5.74) is -0.540. The lowest BCUT2D eigenvalue weighted by Gasteiger charge is -2.12. The Balaban J connectivity index is 2.42. The maximum atomic E-state index is 12.6. The molecule has 9 nitrogen and oxygen atoms in total. The topological polar surface area (TPSA) is 120 Å². The van der Waals surface area contributed by atoms with Crippen LogP contribution in [0.15, 0.2) is 23.1 Å². The van der Waals surface area contributed by atoms with E-state index in [2.05, 4.69) is 10.4 Å². The van der Waals surface area contributed by atoms with Crippen LogP contribution in [0.25, 0.3) is 10.8 Å². The SMILES string of the molecule is COc1ccc2cnn(CC(=O)N[C@@H](C)C(=O)O)c(=O)c2c1OC. The van der Waals surface area contributed by atoms with E-state index >= 15 is 0 Å². The lowest BCUT2D eigenvalue weighted by Crippen LogP contribution is -2.41. The highest BCUT2D eigenvalue weighted by molar-refractivity contribution is 5.89. The first-order chi connectivity index (χ1) is 11.4. The number of nitrogens with one attached hydrogen (secondary N) is 1. The maximum Gasteiger partial charge on any atom is 0.325 e. The molecule has 24 heavy (non-hydrogen) atoms. The van der Waals surface area contributed by atoms with E-state index in [0.717, 1.165) is 4.68 Å². The summed E-state index contributed by atoms with van der Waals surface area (Å²) in [4.78, 5) is 35.2. The molecule has 0 radical (unpaired) electrons. The van der Waals surface area contributed by atoms with E-state index in [9.17, 15) is 14.4 Å². The standard InChI is InChI=1S/C15H17N3O6/c1-8(15(21)22)17-11(19)7-18-14(20)12-9(6-16-18)4-5-10(23-2)13(12)24-3/h4-6,8H,7H2,1-3H3,(H,17,19)(H,21,22)/t8-/m0/s1. The van der Waals surface area contributed by atoms with Crippen molar-refractivity contribution in [3.8, 4) is 11.5 Å². The fraction of sp³-hybridized carbons (Fsp3) is 0.333. The molecule has 2 aromatic rings. The third-order valence-corrected chi connectivity index (χ3v) is 3.40. The Morgan fingerprint density at radius 2 is 2.04 bits per heavy atom. The Morgan fingerprint density at radius 1 is 1.33 bits per heavy atom. The molecule has 1 amide bonds. The summed E-state index contributed by atoms with van der Waals surface area (Å²) in [5, 5.41) is 15.7. The fourth-order valence-corrected chi connectivity index (χ4v) is 2.18. The number of carboxylic acid groups (broad SMARTS) is 1. The van der Waals surface area contributed by atoms with Gasteiger partial charge in [-0.05, 0) is 19.1 Å². The van der Waals surface area contributed by atoms with Gasteiger partial charge in [0.25, 0.3) is 5.56 Å². The lowest BCUT2D eigenvalue weighted by atomic mass is 10.1. The predicted octanol–water partition coefficient (Wildman–Crippen LogP) is 0.00300. The van der Waals surface area contributed by atoms with Crippen LogP contribution in [0.4, 0.5) is 0 Å². The molecule has 9 heteroatoms. The number of hydrogen-bond donors (Lipinski definition) is 2. The van der Waals surface area contributed by atoms with E-state index in [4.69, 9.17) is 14.6 Å². The number of carbonyl (C=O) groups is 2. The molecule has 0 saturated carbocycles. The summed E-state index contributed by atoms with van der Waals surface area (Å²) >= 11 is 0. The van der Waals surface area contributed by atoms with Crippen molar-refractivity contribution in [1.82, 2.24) is 15.1 Å². The van der Waals surface area contributed by atoms with Gasteiger partial charge in [0.2, 0.25) is 5.91 Å². The number of carbonyl (C=O) groups excluding carboxylic acids is 1. The molecule has 1 aromatic heterocycles. The van der Waals surface area contributed by atoms with Crippen LogP contribution in [0.5, 0.6) is 11.5 Å². The predicted molar refractivity (Wildman–Crippen MR) is 84.3 cm³/mol. The minimum Gasteiger partial charge on any atom is -0.493 e. The first kappa shape index (κ1) is 17.3. The number of rotatable bonds is 6. The minimum atomic E-state index is -1.17. The Kier molecular flexibility index (Phi) is 5.02. The van der Waals surface area contributed by atoms with Crippen LogP contribution in [0.3, 0.4) is 0 Å². The molecular formula is C15H17N3O6. The van der Waals surface area contributed by atoms with Crippen LogP contribution in [0.2, 0.25) is 0 Å². The van der Waals surface area contributed by atoms with Gasteiger partial charge in [-0.1, -0.05) is 0 Å². The van der Waals surface area contributed by atoms with Crippen LogP contribution in [-0.4, -0.2) is 47.0 Å². The maximum absolute atomic E-state index is 12.6. The van der Waals surface area contributed by atoms with E-state index < -0.39 is 30.0 Å². The Labute approximate surface area is 136 Å². The van der Waals surface area contributed by atoms with Crippen molar-refractivity contribution in [1.29, 1.82) is 0 Å². The largest absolute Gasteiger partial charge is 0.493 e. The van der Waals surface area contributed by atoms with Crippen molar-refractivity contribution in [2.75, 3.05) is 14.2 Å². The smallest absolute Gasteiger partial charge is 0.325 e. The summed E-state index contributed by atoms with van der Waals surface area (Å²) in [6.45, 7) is 0.914. The Bertz CT molecular complexity index is 845. The summed E-state index contributed by atoms with van der Waals surface area (Å²) in [6, 6.07) is 2.24. The van der Waals surface area contributed by atoms with Crippen molar-refractivity contribution in [3.05, 3.63) is 28.7 Å². The van der Waals surface area contributed by atoms with Gasteiger partial charge in [-0.2, -0.15) is 5.10 Å². The molecule has 1 heterocycles. The summed E-state index contributed by atoms with van der Waals surface area (Å²) in [6.07, 6.45) is 1.42. The van der Waals surface area contributed by atoms with Gasteiger partial charge in [0.15, 0.2) is 11.5 Å². The highest BCUT2D eigenvalue weighted by Gasteiger charge is 2.18. The highest BCUT2D eigenvalue weighted by Crippen LogP contribution is 2.32. The molecule has 0 bridgehead atoms. The lowest BCUT2D eigenvalue weighted by molar-refractivity contribution is -0.141. The summed E-state index contributed by atoms with van der Waals surface area (Å²) < 4.78 is 11.3. The number of benzene rings is 1. The second-order valence-electron chi connectivity index (χ2n) is 5.00. The molecule has 1 aromatic carbocycles. The highest BCUT2D eigenvalue weighted by atomic mass is 16.5. The molecule has 128 valence electrons. The molecule has 0 saturated heterocycles. The molecule has 2 N–H and O–H groups in total. The van der Waals surface area contributed by atoms with Crippen LogP contribution in [0, 0.1) is 0 Å². The van der Waals surface area contributed by atoms with Crippen molar-refractivity contribution < 1.29 is 24.2 Å². The first-order valence-corrected chi connectivity index (χ1v) is 7.02. The monoisotopic (exact) mass is 335 g/mol. The second kappa shape index (κ2) is 6.99. The molecule has 0 spiro atoms. The number of ether oxygens (including phenoxy) is 2. The zero-order valence-corrected chi connectivity index (χ0v) is 13.4. The van der Waals surface area contributed by atoms with Crippen molar-refractivity contribution in [2.24, 2.45) is 0 Å². The van der Waals surface area contributed by atoms with Gasteiger partial charge in [-0.3, -0.25) is 14.4 Å². The average molecular weight is 335 g/mol. The molecule has 2 rings (SSSR count). The number of aromatic nitrogens is 2. The number of fused-ring (bicyclic) bond motifs is 1. The third kappa shape index (κ3) is 3.29. The Morgan fingerprint density at radius 3 is 2.62 bits per heavy atom. The van der Waals surface area contributed by atoms with Crippen molar-refractivity contribution in [2.45, 2.75) is 19.5 Å². The van der Waals surface area contributed by atoms with E-state index in [0.29, 0.717) is 11.1 Å². The van der Waals surface area contributed by atoms with Gasteiger partial charge in [0.1, 0.15) is 12.6 Å². The molecule has 0 aliphatic rings. The quantitative estimate of drug-likeness (QED) is 0.762. The molecule has 0 aliphatic heterocycles. The number of hydrogen-bond acceptors (Lipinski definition) is 6. The van der Waals surface area contributed by atoms with E-state index in [1.807, 2.05) is 0 Å². The zero-order valence-electron chi connectivity index (χ0n) is 13.4. The second-order valence-corrected chi connectivity index (χ2v) is 5.00. The van der Waals surface area contributed by atoms with Crippen LogP contribution >= 0.6 is 0 Å². The van der Waals surface area contributed by atoms with E-state index in [-0.39, 0.29) is 11.1 Å². The van der Waals surface area contributed by atoms with Gasteiger partial charge in [0, 0.05) is 5.39 Å². The minimum absolute atomic E-state index is 0.228. The van der Waals surface area contributed by atoms with Crippen molar-refractivity contribution >= 4 is 22.6 Å². The van der Waals surface area contributed by atoms with Crippen LogP contribution in [-0.2, 0) is 16.1 Å². The van der Waals surface area contributed by atoms with Crippen LogP contribution < -0.4 is 20.3 Å². The normalized spacial score (nSPS) is 11.8. The average Bonchev–Trinajstić information content (AvgIpc) is 2.56. The van der Waals surface area contributed by atoms with E-state index in [1.165, 1.54) is 27.3 Å². The molecule has 0 fully saturated rings. The molecule has 0 unspecified atom stereocenters.